The van der Waals surface area contributed by atoms with Crippen molar-refractivity contribution in [3.05, 3.63) is 34.9 Å². The Morgan fingerprint density at radius 1 is 1.11 bits per heavy atom. The van der Waals surface area contributed by atoms with Gasteiger partial charge >= 0.3 is 0 Å². The highest BCUT2D eigenvalue weighted by Gasteiger charge is 2.27. The van der Waals surface area contributed by atoms with Crippen molar-refractivity contribution in [3.63, 3.8) is 0 Å². The van der Waals surface area contributed by atoms with Crippen molar-refractivity contribution in [2.75, 3.05) is 0 Å². The number of Topliss-reactive ketones (excluding diaryl/α,β-unsaturated/α-hetero) is 1. The molecule has 0 atom stereocenters. The Balaban J connectivity index is 2.30. The van der Waals surface area contributed by atoms with Gasteiger partial charge in [0.05, 0.1) is 5.56 Å². The third-order valence-electron chi connectivity index (χ3n) is 3.76. The number of halogens is 2. The predicted molar refractivity (Wildman–Crippen MR) is 66.6 cm³/mol. The normalized spacial score (nSPS) is 17.5. The molecule has 0 saturated heterocycles. The quantitative estimate of drug-likeness (QED) is 0.562. The average molecular weight is 252 g/mol. The molecule has 3 heteroatoms. The van der Waals surface area contributed by atoms with Crippen LogP contribution in [0.3, 0.4) is 0 Å². The van der Waals surface area contributed by atoms with Crippen LogP contribution in [0, 0.1) is 24.5 Å². The van der Waals surface area contributed by atoms with Crippen molar-refractivity contribution in [3.8, 4) is 0 Å². The predicted octanol–water partition coefficient (Wildman–Crippen LogP) is 4.43. The minimum Gasteiger partial charge on any atom is -0.294 e. The summed E-state index contributed by atoms with van der Waals surface area (Å²) in [7, 11) is 0. The number of hydrogen-bond acceptors (Lipinski definition) is 1. The molecule has 1 aliphatic carbocycles. The Hall–Kier alpha value is -1.25. The highest BCUT2D eigenvalue weighted by molar-refractivity contribution is 5.98. The fourth-order valence-corrected chi connectivity index (χ4v) is 2.63. The van der Waals surface area contributed by atoms with Crippen LogP contribution in [0.1, 0.15) is 54.4 Å². The van der Waals surface area contributed by atoms with E-state index in [0.29, 0.717) is 5.56 Å². The van der Waals surface area contributed by atoms with Crippen molar-refractivity contribution in [2.24, 2.45) is 5.92 Å². The maximum absolute atomic E-state index is 13.9. The average Bonchev–Trinajstić information content (AvgIpc) is 2.63. The molecule has 98 valence electrons. The molecule has 0 amide bonds. The van der Waals surface area contributed by atoms with Crippen LogP contribution >= 0.6 is 0 Å². The molecule has 0 unspecified atom stereocenters. The fourth-order valence-electron chi connectivity index (χ4n) is 2.63. The van der Waals surface area contributed by atoms with E-state index in [1.54, 1.807) is 6.92 Å². The summed E-state index contributed by atoms with van der Waals surface area (Å²) < 4.78 is 27.6. The van der Waals surface area contributed by atoms with Crippen LogP contribution in [0.4, 0.5) is 8.78 Å². The monoisotopic (exact) mass is 252 g/mol. The molecule has 1 aromatic carbocycles. The zero-order valence-corrected chi connectivity index (χ0v) is 10.6. The highest BCUT2D eigenvalue weighted by atomic mass is 19.1. The summed E-state index contributed by atoms with van der Waals surface area (Å²) in [5.41, 5.74) is -0.00438. The van der Waals surface area contributed by atoms with Gasteiger partial charge in [0.1, 0.15) is 11.6 Å². The molecule has 0 aliphatic heterocycles. The molecule has 0 bridgehead atoms. The third-order valence-corrected chi connectivity index (χ3v) is 3.76. The van der Waals surface area contributed by atoms with Crippen LogP contribution in [0.5, 0.6) is 0 Å². The van der Waals surface area contributed by atoms with Crippen LogP contribution in [-0.2, 0) is 0 Å². The van der Waals surface area contributed by atoms with Gasteiger partial charge in [0.15, 0.2) is 5.78 Å². The van der Waals surface area contributed by atoms with Gasteiger partial charge in [-0.25, -0.2) is 8.78 Å². The molecule has 0 radical (unpaired) electrons. The Bertz CT molecular complexity index is 446. The van der Waals surface area contributed by atoms with Gasteiger partial charge in [0, 0.05) is 5.92 Å². The number of ketones is 1. The Kier molecular flexibility index (Phi) is 4.10. The van der Waals surface area contributed by atoms with E-state index in [2.05, 4.69) is 0 Å². The largest absolute Gasteiger partial charge is 0.294 e. The van der Waals surface area contributed by atoms with E-state index in [4.69, 9.17) is 0 Å². The lowest BCUT2D eigenvalue weighted by Gasteiger charge is -2.14. The first-order chi connectivity index (χ1) is 8.61. The van der Waals surface area contributed by atoms with Crippen LogP contribution in [0.2, 0.25) is 0 Å². The topological polar surface area (TPSA) is 17.1 Å². The molecule has 0 spiro atoms. The van der Waals surface area contributed by atoms with E-state index < -0.39 is 11.6 Å². The van der Waals surface area contributed by atoms with Crippen LogP contribution in [0.25, 0.3) is 0 Å². The molecule has 1 saturated carbocycles. The number of carbonyl (C=O) groups is 1. The van der Waals surface area contributed by atoms with E-state index in [1.165, 1.54) is 12.1 Å². The first-order valence-electron chi connectivity index (χ1n) is 6.60. The molecule has 1 nitrogen and oxygen atoms in total. The molecule has 18 heavy (non-hydrogen) atoms. The molecule has 0 heterocycles. The van der Waals surface area contributed by atoms with Gasteiger partial charge in [-0.05, 0) is 31.4 Å². The van der Waals surface area contributed by atoms with Gasteiger partial charge in [-0.1, -0.05) is 31.7 Å². The number of aryl methyl sites for hydroxylation is 1. The summed E-state index contributed by atoms with van der Waals surface area (Å²) in [5, 5.41) is 0. The van der Waals surface area contributed by atoms with E-state index in [1.807, 2.05) is 0 Å². The summed E-state index contributed by atoms with van der Waals surface area (Å²) >= 11 is 0. The fraction of sp³-hybridized carbons (Fsp3) is 0.533. The maximum Gasteiger partial charge on any atom is 0.171 e. The Morgan fingerprint density at radius 2 is 1.72 bits per heavy atom. The lowest BCUT2D eigenvalue weighted by Crippen LogP contribution is -2.18. The molecule has 1 aromatic rings. The van der Waals surface area contributed by atoms with Crippen molar-refractivity contribution >= 4 is 5.78 Å². The SMILES string of the molecule is Cc1ccc(F)c(C(=O)C2CCCCCC2)c1F. The van der Waals surface area contributed by atoms with Gasteiger partial charge in [0.25, 0.3) is 0 Å². The maximum atomic E-state index is 13.9. The van der Waals surface area contributed by atoms with Gasteiger partial charge in [-0.15, -0.1) is 0 Å². The Morgan fingerprint density at radius 3 is 2.33 bits per heavy atom. The van der Waals surface area contributed by atoms with E-state index in [-0.39, 0.29) is 17.3 Å². The van der Waals surface area contributed by atoms with Crippen LogP contribution in [-0.4, -0.2) is 5.78 Å². The summed E-state index contributed by atoms with van der Waals surface area (Å²) in [4.78, 5) is 12.3. The number of rotatable bonds is 2. The molecule has 0 N–H and O–H groups in total. The Labute approximate surface area is 106 Å². The van der Waals surface area contributed by atoms with Gasteiger partial charge < -0.3 is 0 Å². The smallest absolute Gasteiger partial charge is 0.171 e. The summed E-state index contributed by atoms with van der Waals surface area (Å²) in [6.45, 7) is 1.55. The van der Waals surface area contributed by atoms with Crippen LogP contribution < -0.4 is 0 Å². The lowest BCUT2D eigenvalue weighted by molar-refractivity contribution is 0.0899. The molecule has 2 rings (SSSR count). The second-order valence-electron chi connectivity index (χ2n) is 5.11. The highest BCUT2D eigenvalue weighted by Crippen LogP contribution is 2.28. The summed E-state index contributed by atoms with van der Waals surface area (Å²) in [6.07, 6.45) is 5.69. The van der Waals surface area contributed by atoms with Crippen molar-refractivity contribution in [2.45, 2.75) is 45.4 Å². The van der Waals surface area contributed by atoms with E-state index in [0.717, 1.165) is 38.5 Å². The van der Waals surface area contributed by atoms with Crippen LogP contribution in [0.15, 0.2) is 12.1 Å². The molecular formula is C15H18F2O. The van der Waals surface area contributed by atoms with Gasteiger partial charge in [0.2, 0.25) is 0 Å². The molecule has 1 aliphatic rings. The van der Waals surface area contributed by atoms with E-state index >= 15 is 0 Å². The standard InChI is InChI=1S/C15H18F2O/c1-10-8-9-12(16)13(14(10)17)15(18)11-6-4-2-3-5-7-11/h8-9,11H,2-7H2,1H3. The first-order valence-corrected chi connectivity index (χ1v) is 6.60. The minimum absolute atomic E-state index is 0.210. The van der Waals surface area contributed by atoms with Crippen molar-refractivity contribution in [1.82, 2.24) is 0 Å². The minimum atomic E-state index is -0.729. The number of carbonyl (C=O) groups excluding carboxylic acids is 1. The van der Waals surface area contributed by atoms with Gasteiger partial charge in [-0.2, -0.15) is 0 Å². The third kappa shape index (κ3) is 2.60. The summed E-state index contributed by atoms with van der Waals surface area (Å²) in [6, 6.07) is 2.55. The lowest BCUT2D eigenvalue weighted by atomic mass is 9.90. The summed E-state index contributed by atoms with van der Waals surface area (Å²) in [5.74, 6) is -1.98. The van der Waals surface area contributed by atoms with E-state index in [9.17, 15) is 13.6 Å². The molecule has 0 aromatic heterocycles. The zero-order chi connectivity index (χ0) is 13.1. The number of hydrogen-bond donors (Lipinski definition) is 0. The van der Waals surface area contributed by atoms with Gasteiger partial charge in [-0.3, -0.25) is 4.79 Å². The molecule has 1 fully saturated rings. The first kappa shape index (κ1) is 13.2. The zero-order valence-electron chi connectivity index (χ0n) is 10.6. The van der Waals surface area contributed by atoms with Crippen molar-refractivity contribution in [1.29, 1.82) is 0 Å². The second kappa shape index (κ2) is 5.59. The van der Waals surface area contributed by atoms with Crippen molar-refractivity contribution < 1.29 is 13.6 Å². The second-order valence-corrected chi connectivity index (χ2v) is 5.11. The number of benzene rings is 1. The molecular weight excluding hydrogens is 234 g/mol.